The molecule has 0 bridgehead atoms. The van der Waals surface area contributed by atoms with E-state index in [1.54, 1.807) is 0 Å². The zero-order valence-electron chi connectivity index (χ0n) is 9.95. The number of nitrogens with one attached hydrogen (secondary N) is 1. The Hall–Kier alpha value is -0.830. The number of rotatable bonds is 4. The summed E-state index contributed by atoms with van der Waals surface area (Å²) in [4.78, 5) is 4.23. The molecule has 0 spiro atoms. The SMILES string of the molecule is CC(C)(C)NCc1cncn1CC1CC1. The van der Waals surface area contributed by atoms with Gasteiger partial charge in [0.25, 0.3) is 0 Å². The van der Waals surface area contributed by atoms with Gasteiger partial charge in [0.15, 0.2) is 0 Å². The Balaban J connectivity index is 1.92. The smallest absolute Gasteiger partial charge is 0.0948 e. The van der Waals surface area contributed by atoms with Gasteiger partial charge in [0.1, 0.15) is 0 Å². The van der Waals surface area contributed by atoms with E-state index in [2.05, 4.69) is 35.6 Å². The molecule has 1 aromatic heterocycles. The standard InChI is InChI=1S/C12H21N3/c1-12(2,3)14-7-11-6-13-9-15(11)8-10-4-5-10/h6,9-10,14H,4-5,7-8H2,1-3H3. The first-order valence-corrected chi connectivity index (χ1v) is 5.78. The molecular formula is C12H21N3. The van der Waals surface area contributed by atoms with Crippen LogP contribution in [-0.4, -0.2) is 15.1 Å². The number of hydrogen-bond donors (Lipinski definition) is 1. The number of imidazole rings is 1. The largest absolute Gasteiger partial charge is 0.333 e. The summed E-state index contributed by atoms with van der Waals surface area (Å²) >= 11 is 0. The highest BCUT2D eigenvalue weighted by molar-refractivity contribution is 4.99. The summed E-state index contributed by atoms with van der Waals surface area (Å²) in [5, 5.41) is 3.50. The third kappa shape index (κ3) is 3.34. The molecule has 3 nitrogen and oxygen atoms in total. The van der Waals surface area contributed by atoms with Gasteiger partial charge in [-0.25, -0.2) is 4.98 Å². The van der Waals surface area contributed by atoms with Gasteiger partial charge in [0.2, 0.25) is 0 Å². The lowest BCUT2D eigenvalue weighted by Crippen LogP contribution is -2.35. The van der Waals surface area contributed by atoms with Gasteiger partial charge in [0, 0.05) is 24.8 Å². The summed E-state index contributed by atoms with van der Waals surface area (Å²) in [6.45, 7) is 8.63. The molecule has 2 rings (SSSR count). The minimum Gasteiger partial charge on any atom is -0.333 e. The van der Waals surface area contributed by atoms with Crippen molar-refractivity contribution in [2.24, 2.45) is 5.92 Å². The first kappa shape index (κ1) is 10.7. The molecule has 15 heavy (non-hydrogen) atoms. The van der Waals surface area contributed by atoms with E-state index < -0.39 is 0 Å². The second-order valence-corrected chi connectivity index (χ2v) is 5.58. The van der Waals surface area contributed by atoms with Gasteiger partial charge in [-0.2, -0.15) is 0 Å². The first-order chi connectivity index (χ1) is 7.04. The van der Waals surface area contributed by atoms with Gasteiger partial charge in [-0.15, -0.1) is 0 Å². The third-order valence-corrected chi connectivity index (χ3v) is 2.75. The fourth-order valence-corrected chi connectivity index (χ4v) is 1.59. The molecule has 0 radical (unpaired) electrons. The van der Waals surface area contributed by atoms with Crippen LogP contribution in [0, 0.1) is 5.92 Å². The molecule has 1 N–H and O–H groups in total. The normalized spacial score (nSPS) is 17.0. The van der Waals surface area contributed by atoms with Crippen LogP contribution in [0.1, 0.15) is 39.3 Å². The van der Waals surface area contributed by atoms with Crippen LogP contribution >= 0.6 is 0 Å². The van der Waals surface area contributed by atoms with Crippen LogP contribution in [0.2, 0.25) is 0 Å². The van der Waals surface area contributed by atoms with E-state index in [0.29, 0.717) is 0 Å². The topological polar surface area (TPSA) is 29.9 Å². The summed E-state index contributed by atoms with van der Waals surface area (Å²) < 4.78 is 2.29. The number of nitrogens with zero attached hydrogens (tertiary/aromatic N) is 2. The van der Waals surface area contributed by atoms with Gasteiger partial charge >= 0.3 is 0 Å². The molecule has 0 unspecified atom stereocenters. The molecule has 0 aromatic carbocycles. The van der Waals surface area contributed by atoms with E-state index >= 15 is 0 Å². The van der Waals surface area contributed by atoms with Gasteiger partial charge in [-0.3, -0.25) is 0 Å². The fourth-order valence-electron chi connectivity index (χ4n) is 1.59. The van der Waals surface area contributed by atoms with Crippen molar-refractivity contribution >= 4 is 0 Å². The molecule has 0 saturated heterocycles. The molecule has 3 heteroatoms. The molecule has 84 valence electrons. The Morgan fingerprint density at radius 2 is 2.20 bits per heavy atom. The van der Waals surface area contributed by atoms with Gasteiger partial charge in [0.05, 0.1) is 12.0 Å². The average Bonchev–Trinajstić information content (AvgIpc) is 2.80. The summed E-state index contributed by atoms with van der Waals surface area (Å²) in [6.07, 6.45) is 6.72. The second kappa shape index (κ2) is 3.97. The van der Waals surface area contributed by atoms with E-state index in [4.69, 9.17) is 0 Å². The van der Waals surface area contributed by atoms with Crippen molar-refractivity contribution in [2.75, 3.05) is 0 Å². The predicted octanol–water partition coefficient (Wildman–Crippen LogP) is 2.18. The fraction of sp³-hybridized carbons (Fsp3) is 0.750. The van der Waals surface area contributed by atoms with Crippen molar-refractivity contribution in [1.29, 1.82) is 0 Å². The number of aromatic nitrogens is 2. The van der Waals surface area contributed by atoms with E-state index in [-0.39, 0.29) is 5.54 Å². The third-order valence-electron chi connectivity index (χ3n) is 2.75. The minimum absolute atomic E-state index is 0.175. The summed E-state index contributed by atoms with van der Waals surface area (Å²) in [6, 6.07) is 0. The molecule has 1 heterocycles. The van der Waals surface area contributed by atoms with Crippen LogP contribution in [-0.2, 0) is 13.1 Å². The van der Waals surface area contributed by atoms with Crippen molar-refractivity contribution in [3.05, 3.63) is 18.2 Å². The van der Waals surface area contributed by atoms with Crippen molar-refractivity contribution in [3.63, 3.8) is 0 Å². The molecule has 0 aliphatic heterocycles. The molecule has 0 atom stereocenters. The van der Waals surface area contributed by atoms with Crippen molar-refractivity contribution in [3.8, 4) is 0 Å². The lowest BCUT2D eigenvalue weighted by Gasteiger charge is -2.20. The Labute approximate surface area is 91.9 Å². The molecular weight excluding hydrogens is 186 g/mol. The lowest BCUT2D eigenvalue weighted by atomic mass is 10.1. The monoisotopic (exact) mass is 207 g/mol. The van der Waals surface area contributed by atoms with E-state index in [1.807, 2.05) is 12.5 Å². The van der Waals surface area contributed by atoms with E-state index in [1.165, 1.54) is 18.5 Å². The van der Waals surface area contributed by atoms with Crippen molar-refractivity contribution in [2.45, 2.75) is 52.2 Å². The van der Waals surface area contributed by atoms with Gasteiger partial charge in [-0.1, -0.05) is 0 Å². The Morgan fingerprint density at radius 3 is 2.80 bits per heavy atom. The van der Waals surface area contributed by atoms with E-state index in [9.17, 15) is 0 Å². The number of hydrogen-bond acceptors (Lipinski definition) is 2. The lowest BCUT2D eigenvalue weighted by molar-refractivity contribution is 0.414. The molecule has 1 fully saturated rings. The maximum absolute atomic E-state index is 4.23. The van der Waals surface area contributed by atoms with Crippen molar-refractivity contribution in [1.82, 2.24) is 14.9 Å². The predicted molar refractivity (Wildman–Crippen MR) is 61.5 cm³/mol. The second-order valence-electron chi connectivity index (χ2n) is 5.58. The maximum Gasteiger partial charge on any atom is 0.0948 e. The molecule has 0 amide bonds. The maximum atomic E-state index is 4.23. The summed E-state index contributed by atoms with van der Waals surface area (Å²) in [5.41, 5.74) is 1.48. The highest BCUT2D eigenvalue weighted by atomic mass is 15.1. The van der Waals surface area contributed by atoms with Crippen LogP contribution in [0.4, 0.5) is 0 Å². The van der Waals surface area contributed by atoms with Crippen LogP contribution in [0.25, 0.3) is 0 Å². The minimum atomic E-state index is 0.175. The summed E-state index contributed by atoms with van der Waals surface area (Å²) in [7, 11) is 0. The van der Waals surface area contributed by atoms with Crippen LogP contribution in [0.15, 0.2) is 12.5 Å². The Morgan fingerprint density at radius 1 is 1.47 bits per heavy atom. The van der Waals surface area contributed by atoms with Crippen molar-refractivity contribution < 1.29 is 0 Å². The highest BCUT2D eigenvalue weighted by Gasteiger charge is 2.22. The Bertz CT molecular complexity index is 318. The zero-order valence-corrected chi connectivity index (χ0v) is 9.95. The van der Waals surface area contributed by atoms with Crippen LogP contribution < -0.4 is 5.32 Å². The molecule has 1 saturated carbocycles. The zero-order chi connectivity index (χ0) is 10.9. The molecule has 1 aliphatic carbocycles. The quantitative estimate of drug-likeness (QED) is 0.820. The van der Waals surface area contributed by atoms with E-state index in [0.717, 1.165) is 19.0 Å². The first-order valence-electron chi connectivity index (χ1n) is 5.78. The van der Waals surface area contributed by atoms with Gasteiger partial charge < -0.3 is 9.88 Å². The highest BCUT2D eigenvalue weighted by Crippen LogP contribution is 2.30. The molecule has 1 aliphatic rings. The molecule has 1 aromatic rings. The van der Waals surface area contributed by atoms with Crippen LogP contribution in [0.3, 0.4) is 0 Å². The Kier molecular flexibility index (Phi) is 2.83. The average molecular weight is 207 g/mol. The van der Waals surface area contributed by atoms with Gasteiger partial charge in [-0.05, 0) is 39.5 Å². The summed E-state index contributed by atoms with van der Waals surface area (Å²) in [5.74, 6) is 0.910. The van der Waals surface area contributed by atoms with Crippen LogP contribution in [0.5, 0.6) is 0 Å².